The van der Waals surface area contributed by atoms with Gasteiger partial charge in [-0.3, -0.25) is 9.59 Å². The van der Waals surface area contributed by atoms with Crippen molar-refractivity contribution in [1.82, 2.24) is 0 Å². The Balaban J connectivity index is 0.000000201. The second kappa shape index (κ2) is 14.4. The maximum absolute atomic E-state index is 10.4. The molecule has 0 atom stereocenters. The van der Waals surface area contributed by atoms with Gasteiger partial charge in [0.05, 0.1) is 13.2 Å². The van der Waals surface area contributed by atoms with Crippen molar-refractivity contribution in [2.45, 2.75) is 38.5 Å². The predicted molar refractivity (Wildman–Crippen MR) is 142 cm³/mol. The van der Waals surface area contributed by atoms with E-state index in [1.807, 2.05) is 78.9 Å². The summed E-state index contributed by atoms with van der Waals surface area (Å²) >= 11 is 0. The van der Waals surface area contributed by atoms with Crippen LogP contribution in [0.2, 0.25) is 0 Å². The highest BCUT2D eigenvalue weighted by Crippen LogP contribution is 2.25. The van der Waals surface area contributed by atoms with E-state index in [4.69, 9.17) is 19.7 Å². The average molecular weight is 489 g/mol. The number of benzene rings is 4. The maximum Gasteiger partial charge on any atom is 0.303 e. The van der Waals surface area contributed by atoms with Crippen LogP contribution < -0.4 is 9.47 Å². The van der Waals surface area contributed by atoms with Crippen LogP contribution in [0.1, 0.15) is 38.5 Å². The molecule has 2 N–H and O–H groups in total. The van der Waals surface area contributed by atoms with Crippen LogP contribution in [-0.2, 0) is 9.59 Å². The van der Waals surface area contributed by atoms with Crippen LogP contribution in [0, 0.1) is 0 Å². The molecular formula is C30H32O6. The number of hydrogen-bond donors (Lipinski definition) is 2. The van der Waals surface area contributed by atoms with Crippen LogP contribution in [-0.4, -0.2) is 35.4 Å². The van der Waals surface area contributed by atoms with Crippen molar-refractivity contribution in [2.75, 3.05) is 13.2 Å². The first kappa shape index (κ1) is 26.5. The summed E-state index contributed by atoms with van der Waals surface area (Å²) in [5, 5.41) is 21.6. The Morgan fingerprint density at radius 2 is 1.17 bits per heavy atom. The van der Waals surface area contributed by atoms with E-state index in [2.05, 4.69) is 6.07 Å². The normalized spacial score (nSPS) is 10.4. The van der Waals surface area contributed by atoms with Gasteiger partial charge in [-0.25, -0.2) is 0 Å². The van der Waals surface area contributed by atoms with Gasteiger partial charge < -0.3 is 19.7 Å². The summed E-state index contributed by atoms with van der Waals surface area (Å²) in [6.45, 7) is 1.12. The second-order valence-corrected chi connectivity index (χ2v) is 8.38. The largest absolute Gasteiger partial charge is 0.494 e. The molecule has 0 spiro atoms. The molecule has 0 unspecified atom stereocenters. The highest BCUT2D eigenvalue weighted by atomic mass is 16.5. The van der Waals surface area contributed by atoms with Crippen molar-refractivity contribution >= 4 is 33.5 Å². The summed E-state index contributed by atoms with van der Waals surface area (Å²) < 4.78 is 11.3. The first-order chi connectivity index (χ1) is 17.5. The zero-order chi connectivity index (χ0) is 25.6. The smallest absolute Gasteiger partial charge is 0.303 e. The molecule has 0 amide bonds. The van der Waals surface area contributed by atoms with Gasteiger partial charge in [0, 0.05) is 18.2 Å². The highest BCUT2D eigenvalue weighted by molar-refractivity contribution is 5.88. The summed E-state index contributed by atoms with van der Waals surface area (Å²) in [7, 11) is 0. The van der Waals surface area contributed by atoms with Crippen LogP contribution in [0.15, 0.2) is 84.9 Å². The fourth-order valence-electron chi connectivity index (χ4n) is 3.71. The van der Waals surface area contributed by atoms with Crippen molar-refractivity contribution in [3.63, 3.8) is 0 Å². The Morgan fingerprint density at radius 1 is 0.583 bits per heavy atom. The number of aliphatic carboxylic acids is 2. The van der Waals surface area contributed by atoms with E-state index in [0.717, 1.165) is 40.5 Å². The molecule has 4 rings (SSSR count). The van der Waals surface area contributed by atoms with Gasteiger partial charge in [0.1, 0.15) is 11.5 Å². The molecule has 0 aliphatic rings. The lowest BCUT2D eigenvalue weighted by Gasteiger charge is -2.08. The van der Waals surface area contributed by atoms with Crippen molar-refractivity contribution in [2.24, 2.45) is 0 Å². The van der Waals surface area contributed by atoms with Crippen LogP contribution in [0.25, 0.3) is 21.5 Å². The van der Waals surface area contributed by atoms with Crippen LogP contribution in [0.3, 0.4) is 0 Å². The third kappa shape index (κ3) is 8.95. The lowest BCUT2D eigenvalue weighted by molar-refractivity contribution is -0.138. The number of carbonyl (C=O) groups is 2. The molecule has 4 aromatic rings. The Labute approximate surface area is 211 Å². The SMILES string of the molecule is O=C(O)CCCCOc1ccc2ccccc2c1.O=C(O)CCCCOc1cccc2ccccc12. The van der Waals surface area contributed by atoms with Gasteiger partial charge in [0.2, 0.25) is 0 Å². The van der Waals surface area contributed by atoms with Crippen molar-refractivity contribution in [3.8, 4) is 11.5 Å². The number of rotatable bonds is 12. The summed E-state index contributed by atoms with van der Waals surface area (Å²) in [6, 6.07) is 28.1. The molecule has 0 heterocycles. The molecule has 0 saturated carbocycles. The quantitative estimate of drug-likeness (QED) is 0.210. The fraction of sp³-hybridized carbons (Fsp3) is 0.267. The molecule has 0 fully saturated rings. The Morgan fingerprint density at radius 3 is 1.86 bits per heavy atom. The van der Waals surface area contributed by atoms with E-state index >= 15 is 0 Å². The highest BCUT2D eigenvalue weighted by Gasteiger charge is 2.02. The first-order valence-corrected chi connectivity index (χ1v) is 12.2. The summed E-state index contributed by atoms with van der Waals surface area (Å²) in [6.07, 6.45) is 3.25. The zero-order valence-corrected chi connectivity index (χ0v) is 20.3. The van der Waals surface area contributed by atoms with Gasteiger partial charge in [-0.15, -0.1) is 0 Å². The fourth-order valence-corrected chi connectivity index (χ4v) is 3.71. The minimum atomic E-state index is -0.750. The number of carboxylic acids is 2. The zero-order valence-electron chi connectivity index (χ0n) is 20.3. The minimum Gasteiger partial charge on any atom is -0.494 e. The molecule has 6 heteroatoms. The number of carboxylic acid groups (broad SMARTS) is 2. The van der Waals surface area contributed by atoms with E-state index in [0.29, 0.717) is 26.1 Å². The topological polar surface area (TPSA) is 93.1 Å². The molecule has 6 nitrogen and oxygen atoms in total. The number of ether oxygens (including phenoxy) is 2. The lowest BCUT2D eigenvalue weighted by Crippen LogP contribution is -2.00. The Hall–Kier alpha value is -4.06. The van der Waals surface area contributed by atoms with Gasteiger partial charge in [-0.2, -0.15) is 0 Å². The van der Waals surface area contributed by atoms with E-state index in [9.17, 15) is 9.59 Å². The lowest BCUT2D eigenvalue weighted by atomic mass is 10.1. The van der Waals surface area contributed by atoms with Gasteiger partial charge in [0.25, 0.3) is 0 Å². The number of fused-ring (bicyclic) bond motifs is 2. The first-order valence-electron chi connectivity index (χ1n) is 12.2. The third-order valence-electron chi connectivity index (χ3n) is 5.57. The number of unbranched alkanes of at least 4 members (excludes halogenated alkanes) is 2. The van der Waals surface area contributed by atoms with E-state index in [1.165, 1.54) is 5.39 Å². The van der Waals surface area contributed by atoms with E-state index in [-0.39, 0.29) is 12.8 Å². The van der Waals surface area contributed by atoms with Crippen molar-refractivity contribution in [1.29, 1.82) is 0 Å². The molecular weight excluding hydrogens is 456 g/mol. The molecule has 0 saturated heterocycles. The maximum atomic E-state index is 10.4. The van der Waals surface area contributed by atoms with Crippen molar-refractivity contribution in [3.05, 3.63) is 84.9 Å². The molecule has 4 aromatic carbocycles. The van der Waals surface area contributed by atoms with Crippen LogP contribution in [0.5, 0.6) is 11.5 Å². The standard InChI is InChI=1S/2C15H16O3/c16-15(17)10-3-4-11-18-14-9-5-7-12-6-1-2-8-13(12)14;16-15(17)7-3-4-10-18-14-9-8-12-5-1-2-6-13(12)11-14/h1-2,5-9H,3-4,10-11H2,(H,16,17);1-2,5-6,8-9,11H,3-4,7,10H2,(H,16,17). The van der Waals surface area contributed by atoms with Gasteiger partial charge in [0.15, 0.2) is 0 Å². The average Bonchev–Trinajstić information content (AvgIpc) is 2.88. The monoisotopic (exact) mass is 488 g/mol. The molecule has 0 aliphatic carbocycles. The minimum absolute atomic E-state index is 0.207. The van der Waals surface area contributed by atoms with E-state index < -0.39 is 11.9 Å². The Bertz CT molecular complexity index is 1250. The molecule has 188 valence electrons. The van der Waals surface area contributed by atoms with Crippen molar-refractivity contribution < 1.29 is 29.3 Å². The molecule has 0 bridgehead atoms. The Kier molecular flexibility index (Phi) is 10.6. The van der Waals surface area contributed by atoms with Crippen LogP contribution >= 0.6 is 0 Å². The summed E-state index contributed by atoms with van der Waals surface area (Å²) in [4.78, 5) is 20.7. The van der Waals surface area contributed by atoms with Gasteiger partial charge in [-0.1, -0.05) is 66.7 Å². The third-order valence-corrected chi connectivity index (χ3v) is 5.57. The molecule has 0 aliphatic heterocycles. The molecule has 0 radical (unpaired) electrons. The van der Waals surface area contributed by atoms with Gasteiger partial charge >= 0.3 is 11.9 Å². The number of hydrogen-bond acceptors (Lipinski definition) is 4. The molecule has 0 aromatic heterocycles. The predicted octanol–water partition coefficient (Wildman–Crippen LogP) is 6.95. The second-order valence-electron chi connectivity index (χ2n) is 8.38. The van der Waals surface area contributed by atoms with Gasteiger partial charge in [-0.05, 0) is 60.0 Å². The summed E-state index contributed by atoms with van der Waals surface area (Å²) in [5.41, 5.74) is 0. The molecule has 36 heavy (non-hydrogen) atoms. The summed E-state index contributed by atoms with van der Waals surface area (Å²) in [5.74, 6) is 0.202. The van der Waals surface area contributed by atoms with Crippen LogP contribution in [0.4, 0.5) is 0 Å². The van der Waals surface area contributed by atoms with E-state index in [1.54, 1.807) is 0 Å².